The number of nitrogens with zero attached hydrogens (tertiary/aromatic N) is 1. The molecular weight excluding hydrogens is 276 g/mol. The molecule has 0 unspecified atom stereocenters. The van der Waals surface area contributed by atoms with Crippen LogP contribution in [-0.2, 0) is 4.79 Å². The van der Waals surface area contributed by atoms with Gasteiger partial charge in [0.1, 0.15) is 5.75 Å². The van der Waals surface area contributed by atoms with E-state index in [0.717, 1.165) is 38.3 Å². The van der Waals surface area contributed by atoms with Crippen molar-refractivity contribution < 1.29 is 9.53 Å². The number of amides is 1. The van der Waals surface area contributed by atoms with Crippen molar-refractivity contribution in [3.05, 3.63) is 29.3 Å². The van der Waals surface area contributed by atoms with Gasteiger partial charge in [-0.25, -0.2) is 0 Å². The fraction of sp³-hybridized carbons (Fsp3) is 0.611. The zero-order valence-electron chi connectivity index (χ0n) is 14.0. The molecule has 1 aliphatic rings. The Kier molecular flexibility index (Phi) is 6.25. The Morgan fingerprint density at radius 1 is 1.32 bits per heavy atom. The number of rotatable bonds is 6. The number of aryl methyl sites for hydroxylation is 1. The number of hydrogen-bond donors (Lipinski definition) is 1. The molecule has 0 bridgehead atoms. The first-order valence-electron chi connectivity index (χ1n) is 8.30. The van der Waals surface area contributed by atoms with Crippen molar-refractivity contribution in [1.82, 2.24) is 10.2 Å². The van der Waals surface area contributed by atoms with E-state index < -0.39 is 0 Å². The van der Waals surface area contributed by atoms with Gasteiger partial charge in [0.05, 0.1) is 6.61 Å². The lowest BCUT2D eigenvalue weighted by atomic mass is 9.98. The Bertz CT molecular complexity index is 494. The highest BCUT2D eigenvalue weighted by molar-refractivity contribution is 5.76. The Labute approximate surface area is 133 Å². The lowest BCUT2D eigenvalue weighted by molar-refractivity contribution is -0.132. The highest BCUT2D eigenvalue weighted by atomic mass is 16.5. The van der Waals surface area contributed by atoms with Crippen molar-refractivity contribution in [2.45, 2.75) is 39.5 Å². The standard InChI is InChI=1S/C18H28N2O2/c1-14(2)17-7-6-16(13-15(17)3)22-12-4-5-18(21)20-10-8-19-9-11-20/h6-7,13-14,19H,4-5,8-12H2,1-3H3. The molecule has 0 aromatic heterocycles. The minimum absolute atomic E-state index is 0.247. The molecule has 122 valence electrons. The smallest absolute Gasteiger partial charge is 0.222 e. The Morgan fingerprint density at radius 3 is 2.68 bits per heavy atom. The highest BCUT2D eigenvalue weighted by Gasteiger charge is 2.15. The third-order valence-corrected chi connectivity index (χ3v) is 4.14. The maximum Gasteiger partial charge on any atom is 0.222 e. The molecule has 0 radical (unpaired) electrons. The molecule has 1 saturated heterocycles. The number of hydrogen-bond acceptors (Lipinski definition) is 3. The van der Waals surface area contributed by atoms with Crippen molar-refractivity contribution in [1.29, 1.82) is 0 Å². The summed E-state index contributed by atoms with van der Waals surface area (Å²) in [6.45, 7) is 10.6. The van der Waals surface area contributed by atoms with Crippen LogP contribution < -0.4 is 10.1 Å². The predicted octanol–water partition coefficient (Wildman–Crippen LogP) is 2.71. The monoisotopic (exact) mass is 304 g/mol. The lowest BCUT2D eigenvalue weighted by Gasteiger charge is -2.27. The summed E-state index contributed by atoms with van der Waals surface area (Å²) in [6.07, 6.45) is 1.34. The van der Waals surface area contributed by atoms with Crippen LogP contribution in [0.5, 0.6) is 5.75 Å². The third kappa shape index (κ3) is 4.73. The van der Waals surface area contributed by atoms with Gasteiger partial charge in [-0.15, -0.1) is 0 Å². The van der Waals surface area contributed by atoms with Crippen LogP contribution in [0.2, 0.25) is 0 Å². The molecule has 22 heavy (non-hydrogen) atoms. The summed E-state index contributed by atoms with van der Waals surface area (Å²) in [5.74, 6) is 1.68. The van der Waals surface area contributed by atoms with Gasteiger partial charge < -0.3 is 15.0 Å². The zero-order chi connectivity index (χ0) is 15.9. The minimum Gasteiger partial charge on any atom is -0.494 e. The first-order valence-corrected chi connectivity index (χ1v) is 8.30. The van der Waals surface area contributed by atoms with E-state index >= 15 is 0 Å². The molecule has 0 saturated carbocycles. The molecule has 1 fully saturated rings. The molecular formula is C18H28N2O2. The summed E-state index contributed by atoms with van der Waals surface area (Å²) in [4.78, 5) is 14.0. The van der Waals surface area contributed by atoms with Crippen LogP contribution in [0, 0.1) is 6.92 Å². The molecule has 1 aromatic rings. The lowest BCUT2D eigenvalue weighted by Crippen LogP contribution is -2.46. The van der Waals surface area contributed by atoms with Gasteiger partial charge in [0.15, 0.2) is 0 Å². The topological polar surface area (TPSA) is 41.6 Å². The van der Waals surface area contributed by atoms with Gasteiger partial charge in [-0.1, -0.05) is 19.9 Å². The Balaban J connectivity index is 1.72. The van der Waals surface area contributed by atoms with Crippen molar-refractivity contribution in [2.24, 2.45) is 0 Å². The molecule has 4 nitrogen and oxygen atoms in total. The van der Waals surface area contributed by atoms with Gasteiger partial charge in [0, 0.05) is 32.6 Å². The van der Waals surface area contributed by atoms with Crippen LogP contribution in [0.3, 0.4) is 0 Å². The van der Waals surface area contributed by atoms with Crippen LogP contribution in [-0.4, -0.2) is 43.6 Å². The Hall–Kier alpha value is -1.55. The molecule has 0 atom stereocenters. The maximum absolute atomic E-state index is 12.0. The van der Waals surface area contributed by atoms with E-state index in [4.69, 9.17) is 4.74 Å². The van der Waals surface area contributed by atoms with Crippen molar-refractivity contribution in [3.63, 3.8) is 0 Å². The van der Waals surface area contributed by atoms with Crippen LogP contribution in [0.1, 0.15) is 43.7 Å². The van der Waals surface area contributed by atoms with Gasteiger partial charge in [-0.3, -0.25) is 4.79 Å². The van der Waals surface area contributed by atoms with E-state index in [9.17, 15) is 4.79 Å². The molecule has 4 heteroatoms. The van der Waals surface area contributed by atoms with Gasteiger partial charge in [0.25, 0.3) is 0 Å². The molecule has 0 spiro atoms. The molecule has 1 heterocycles. The fourth-order valence-corrected chi connectivity index (χ4v) is 2.87. The number of benzene rings is 1. The maximum atomic E-state index is 12.0. The average Bonchev–Trinajstić information content (AvgIpc) is 2.52. The van der Waals surface area contributed by atoms with Gasteiger partial charge in [-0.05, 0) is 42.5 Å². The van der Waals surface area contributed by atoms with E-state index in [2.05, 4.69) is 38.2 Å². The molecule has 1 N–H and O–H groups in total. The van der Waals surface area contributed by atoms with Crippen molar-refractivity contribution in [3.8, 4) is 5.75 Å². The molecule has 1 amide bonds. The summed E-state index contributed by atoms with van der Waals surface area (Å²) in [5.41, 5.74) is 2.63. The van der Waals surface area contributed by atoms with E-state index in [1.807, 2.05) is 11.0 Å². The largest absolute Gasteiger partial charge is 0.494 e. The van der Waals surface area contributed by atoms with Crippen molar-refractivity contribution >= 4 is 5.91 Å². The number of ether oxygens (including phenoxy) is 1. The predicted molar refractivity (Wildman–Crippen MR) is 89.4 cm³/mol. The van der Waals surface area contributed by atoms with Gasteiger partial charge in [-0.2, -0.15) is 0 Å². The number of carbonyl (C=O) groups excluding carboxylic acids is 1. The summed E-state index contributed by atoms with van der Waals surface area (Å²) in [7, 11) is 0. The van der Waals surface area contributed by atoms with Gasteiger partial charge in [0.2, 0.25) is 5.91 Å². The van der Waals surface area contributed by atoms with E-state index in [-0.39, 0.29) is 5.91 Å². The quantitative estimate of drug-likeness (QED) is 0.822. The van der Waals surface area contributed by atoms with Crippen molar-refractivity contribution in [2.75, 3.05) is 32.8 Å². The Morgan fingerprint density at radius 2 is 2.05 bits per heavy atom. The van der Waals surface area contributed by atoms with Gasteiger partial charge >= 0.3 is 0 Å². The highest BCUT2D eigenvalue weighted by Crippen LogP contribution is 2.23. The summed E-state index contributed by atoms with van der Waals surface area (Å²) in [6, 6.07) is 6.26. The summed E-state index contributed by atoms with van der Waals surface area (Å²) >= 11 is 0. The normalized spacial score (nSPS) is 15.2. The molecule has 2 rings (SSSR count). The SMILES string of the molecule is Cc1cc(OCCCC(=O)N2CCNCC2)ccc1C(C)C. The first kappa shape index (κ1) is 16.8. The van der Waals surface area contributed by atoms with Crippen LogP contribution >= 0.6 is 0 Å². The second-order valence-electron chi connectivity index (χ2n) is 6.26. The average molecular weight is 304 g/mol. The number of nitrogens with one attached hydrogen (secondary N) is 1. The molecule has 0 aliphatic carbocycles. The minimum atomic E-state index is 0.247. The van der Waals surface area contributed by atoms with E-state index in [1.54, 1.807) is 0 Å². The molecule has 1 aliphatic heterocycles. The van der Waals surface area contributed by atoms with E-state index in [1.165, 1.54) is 11.1 Å². The summed E-state index contributed by atoms with van der Waals surface area (Å²) < 4.78 is 5.78. The number of piperazine rings is 1. The zero-order valence-corrected chi connectivity index (χ0v) is 14.0. The van der Waals surface area contributed by atoms with E-state index in [0.29, 0.717) is 18.9 Å². The second-order valence-corrected chi connectivity index (χ2v) is 6.26. The van der Waals surface area contributed by atoms with Crippen LogP contribution in [0.4, 0.5) is 0 Å². The molecule has 1 aromatic carbocycles. The fourth-order valence-electron chi connectivity index (χ4n) is 2.87. The second kappa shape index (κ2) is 8.18. The third-order valence-electron chi connectivity index (χ3n) is 4.14. The number of carbonyl (C=O) groups is 1. The summed E-state index contributed by atoms with van der Waals surface area (Å²) in [5, 5.41) is 3.26. The first-order chi connectivity index (χ1) is 10.6. The van der Waals surface area contributed by atoms with Crippen LogP contribution in [0.25, 0.3) is 0 Å². The van der Waals surface area contributed by atoms with Crippen LogP contribution in [0.15, 0.2) is 18.2 Å².